The first-order chi connectivity index (χ1) is 9.07. The fourth-order valence-corrected chi connectivity index (χ4v) is 0.128. The first-order valence-electron chi connectivity index (χ1n) is 5.67. The zero-order chi connectivity index (χ0) is 16.4. The third-order valence-corrected chi connectivity index (χ3v) is 0.880. The molecule has 0 rings (SSSR count). The number of ether oxygens (including phenoxy) is 1. The van der Waals surface area contributed by atoms with E-state index in [0.717, 1.165) is 5.33 Å². The highest BCUT2D eigenvalue weighted by atomic mass is 79.9. The Morgan fingerprint density at radius 2 is 1.09 bits per heavy atom. The molecular weight excluding hydrogens is 368 g/mol. The van der Waals surface area contributed by atoms with Gasteiger partial charge >= 0.3 is 0 Å². The summed E-state index contributed by atoms with van der Waals surface area (Å²) in [6.07, 6.45) is 3.29. The molecule has 0 aliphatic heterocycles. The van der Waals surface area contributed by atoms with Crippen molar-refractivity contribution in [2.45, 2.75) is 35.6 Å². The molecule has 0 radical (unpaired) electrons. The molecule has 7 heteroatoms. The highest BCUT2D eigenvalue weighted by Crippen LogP contribution is 1.73. The lowest BCUT2D eigenvalue weighted by Crippen LogP contribution is -1.84. The second-order valence-electron chi connectivity index (χ2n) is 2.01. The molecular formula is C15H36BrF4O2-. The van der Waals surface area contributed by atoms with Gasteiger partial charge in [-0.3, -0.25) is 13.2 Å². The zero-order valence-corrected chi connectivity index (χ0v) is 14.1. The Morgan fingerprint density at radius 3 is 1.14 bits per heavy atom. The average molecular weight is 404 g/mol. The Balaban J connectivity index is -0.0000000185. The van der Waals surface area contributed by atoms with Gasteiger partial charge in [-0.05, 0) is 20.8 Å². The molecule has 0 aromatic heterocycles. The lowest BCUT2D eigenvalue weighted by atomic mass is 10.7. The summed E-state index contributed by atoms with van der Waals surface area (Å²) in [5.41, 5.74) is 0. The van der Waals surface area contributed by atoms with Crippen LogP contribution in [0, 0.1) is 0 Å². The highest BCUT2D eigenvalue weighted by Gasteiger charge is 1.70. The van der Waals surface area contributed by atoms with Crippen molar-refractivity contribution < 1.29 is 27.8 Å². The van der Waals surface area contributed by atoms with Crippen LogP contribution in [0.3, 0.4) is 0 Å². The van der Waals surface area contributed by atoms with Crippen molar-refractivity contribution in [2.75, 3.05) is 38.8 Å². The Bertz CT molecular complexity index is 117. The SMILES string of the molecule is C.C.C=CCBr.C=CCOCF.CCF.CCF.CCF.[OH-]. The van der Waals surface area contributed by atoms with Crippen LogP contribution < -0.4 is 0 Å². The Morgan fingerprint density at radius 1 is 0.864 bits per heavy atom. The van der Waals surface area contributed by atoms with E-state index in [4.69, 9.17) is 0 Å². The number of rotatable bonds is 4. The van der Waals surface area contributed by atoms with Crippen LogP contribution in [0.25, 0.3) is 0 Å². The Labute approximate surface area is 144 Å². The molecule has 0 unspecified atom stereocenters. The van der Waals surface area contributed by atoms with Gasteiger partial charge in [-0.15, -0.1) is 13.2 Å². The van der Waals surface area contributed by atoms with Gasteiger partial charge in [-0.25, -0.2) is 4.39 Å². The van der Waals surface area contributed by atoms with E-state index in [-0.39, 0.29) is 40.4 Å². The van der Waals surface area contributed by atoms with Crippen LogP contribution in [0.15, 0.2) is 25.3 Å². The molecule has 144 valence electrons. The van der Waals surface area contributed by atoms with Crippen LogP contribution in [-0.4, -0.2) is 44.3 Å². The largest absolute Gasteiger partial charge is 0.870 e. The van der Waals surface area contributed by atoms with E-state index in [1.165, 1.54) is 26.8 Å². The van der Waals surface area contributed by atoms with Crippen LogP contribution >= 0.6 is 15.9 Å². The predicted octanol–water partition coefficient (Wildman–Crippen LogP) is 6.71. The van der Waals surface area contributed by atoms with E-state index >= 15 is 0 Å². The van der Waals surface area contributed by atoms with Gasteiger partial charge in [0.05, 0.1) is 26.6 Å². The molecule has 0 spiro atoms. The molecule has 0 aliphatic rings. The van der Waals surface area contributed by atoms with Crippen molar-refractivity contribution in [3.8, 4) is 0 Å². The molecule has 1 N–H and O–H groups in total. The number of halogens is 5. The summed E-state index contributed by atoms with van der Waals surface area (Å²) in [5.74, 6) is 0. The number of hydrogen-bond donors (Lipinski definition) is 0. The number of alkyl halides is 5. The van der Waals surface area contributed by atoms with Crippen molar-refractivity contribution in [2.24, 2.45) is 0 Å². The van der Waals surface area contributed by atoms with E-state index < -0.39 is 6.86 Å². The van der Waals surface area contributed by atoms with Gasteiger partial charge in [-0.2, -0.15) is 0 Å². The fraction of sp³-hybridized carbons (Fsp3) is 0.733. The van der Waals surface area contributed by atoms with E-state index in [1.807, 2.05) is 0 Å². The average Bonchev–Trinajstić information content (AvgIpc) is 2.39. The summed E-state index contributed by atoms with van der Waals surface area (Å²) >= 11 is 3.13. The van der Waals surface area contributed by atoms with Crippen molar-refractivity contribution in [1.82, 2.24) is 0 Å². The van der Waals surface area contributed by atoms with E-state index in [1.54, 1.807) is 6.08 Å². The Kier molecular flexibility index (Phi) is 241. The molecule has 0 aliphatic carbocycles. The first kappa shape index (κ1) is 49.6. The molecule has 0 saturated carbocycles. The van der Waals surface area contributed by atoms with E-state index in [0.29, 0.717) is 6.61 Å². The lowest BCUT2D eigenvalue weighted by molar-refractivity contribution is 0.0779. The molecule has 22 heavy (non-hydrogen) atoms. The third-order valence-electron chi connectivity index (χ3n) is 0.422. The van der Waals surface area contributed by atoms with Crippen molar-refractivity contribution >= 4 is 15.9 Å². The topological polar surface area (TPSA) is 39.2 Å². The summed E-state index contributed by atoms with van der Waals surface area (Å²) in [7, 11) is 0. The van der Waals surface area contributed by atoms with Crippen LogP contribution in [0.4, 0.5) is 17.6 Å². The monoisotopic (exact) mass is 403 g/mol. The van der Waals surface area contributed by atoms with Gasteiger partial charge in [-0.1, -0.05) is 42.9 Å². The van der Waals surface area contributed by atoms with E-state index in [9.17, 15) is 17.6 Å². The molecule has 2 nitrogen and oxygen atoms in total. The molecule has 0 atom stereocenters. The second kappa shape index (κ2) is 107. The molecule has 0 fully saturated rings. The van der Waals surface area contributed by atoms with Crippen molar-refractivity contribution in [3.63, 3.8) is 0 Å². The molecule has 0 amide bonds. The van der Waals surface area contributed by atoms with Crippen LogP contribution in [0.2, 0.25) is 0 Å². The van der Waals surface area contributed by atoms with Gasteiger partial charge in [0, 0.05) is 5.33 Å². The van der Waals surface area contributed by atoms with Crippen molar-refractivity contribution in [3.05, 3.63) is 25.3 Å². The summed E-state index contributed by atoms with van der Waals surface area (Å²) in [5, 5.41) is 0.896. The van der Waals surface area contributed by atoms with Gasteiger partial charge in [0.15, 0.2) is 6.86 Å². The summed E-state index contributed by atoms with van der Waals surface area (Å²) in [6.45, 7) is 9.95. The Hall–Kier alpha value is -0.400. The van der Waals surface area contributed by atoms with Gasteiger partial charge < -0.3 is 10.2 Å². The second-order valence-corrected chi connectivity index (χ2v) is 2.66. The quantitative estimate of drug-likeness (QED) is 0.226. The number of allylic oxidation sites excluding steroid dienone is 1. The maximum absolute atomic E-state index is 10.9. The van der Waals surface area contributed by atoms with Crippen molar-refractivity contribution in [1.29, 1.82) is 0 Å². The standard InChI is InChI=1S/C4H7FO.C3H5Br.3C2H5F.2CH4.H2O/c1-2-3-6-4-5;1-2-3-4;3*1-2-3;;;/h2H,1,3-4H2;2H,1,3H2;3*2H2,1H3;2*1H4;1H2/p-1. The highest BCUT2D eigenvalue weighted by molar-refractivity contribution is 9.09. The summed E-state index contributed by atoms with van der Waals surface area (Å²) < 4.78 is 46.0. The molecule has 0 aromatic rings. The molecule has 0 saturated heterocycles. The fourth-order valence-electron chi connectivity index (χ4n) is 0.128. The zero-order valence-electron chi connectivity index (χ0n) is 12.6. The summed E-state index contributed by atoms with van der Waals surface area (Å²) in [6, 6.07) is 0. The minimum atomic E-state index is -0.716. The van der Waals surface area contributed by atoms with Crippen LogP contribution in [-0.2, 0) is 4.74 Å². The maximum Gasteiger partial charge on any atom is 0.188 e. The van der Waals surface area contributed by atoms with Crippen LogP contribution in [0.5, 0.6) is 0 Å². The predicted molar refractivity (Wildman–Crippen MR) is 96.5 cm³/mol. The lowest BCUT2D eigenvalue weighted by Gasteiger charge is -1.85. The molecule has 0 bridgehead atoms. The molecule has 0 aromatic carbocycles. The van der Waals surface area contributed by atoms with E-state index in [2.05, 4.69) is 33.8 Å². The normalized spacial score (nSPS) is 5.82. The summed E-state index contributed by atoms with van der Waals surface area (Å²) in [4.78, 5) is 0. The number of hydrogen-bond acceptors (Lipinski definition) is 2. The maximum atomic E-state index is 10.9. The third kappa shape index (κ3) is 523. The first-order valence-corrected chi connectivity index (χ1v) is 6.79. The minimum Gasteiger partial charge on any atom is -0.870 e. The van der Waals surface area contributed by atoms with Gasteiger partial charge in [0.2, 0.25) is 0 Å². The van der Waals surface area contributed by atoms with Gasteiger partial charge in [0.1, 0.15) is 0 Å². The molecule has 0 heterocycles. The van der Waals surface area contributed by atoms with Crippen LogP contribution in [0.1, 0.15) is 35.6 Å². The minimum absolute atomic E-state index is 0. The smallest absolute Gasteiger partial charge is 0.188 e. The van der Waals surface area contributed by atoms with Gasteiger partial charge in [0.25, 0.3) is 0 Å².